The van der Waals surface area contributed by atoms with E-state index in [2.05, 4.69) is 10.3 Å². The summed E-state index contributed by atoms with van der Waals surface area (Å²) in [5, 5.41) is 21.4. The highest BCUT2D eigenvalue weighted by atomic mass is 35.5. The van der Waals surface area contributed by atoms with Crippen molar-refractivity contribution >= 4 is 39.9 Å². The summed E-state index contributed by atoms with van der Waals surface area (Å²) in [6.45, 7) is 3.06. The number of carbonyl (C=O) groups excluding carboxylic acids is 1. The first-order valence-electron chi connectivity index (χ1n) is 6.93. The Bertz CT molecular complexity index is 839. The number of halogens is 1. The highest BCUT2D eigenvalue weighted by Crippen LogP contribution is 2.35. The first-order chi connectivity index (χ1) is 11.2. The van der Waals surface area contributed by atoms with Crippen LogP contribution in [0.25, 0.3) is 11.3 Å². The fourth-order valence-electron chi connectivity index (χ4n) is 2.01. The Kier molecular flexibility index (Phi) is 5.22. The van der Waals surface area contributed by atoms with Crippen molar-refractivity contribution in [1.29, 1.82) is 5.26 Å². The smallest absolute Gasteiger partial charge is 0.304 e. The van der Waals surface area contributed by atoms with E-state index >= 15 is 0 Å². The van der Waals surface area contributed by atoms with E-state index in [0.717, 1.165) is 11.3 Å². The molecule has 0 atom stereocenters. The third-order valence-corrected chi connectivity index (χ3v) is 4.49. The Balaban J connectivity index is 2.31. The molecule has 0 unspecified atom stereocenters. The van der Waals surface area contributed by atoms with Crippen molar-refractivity contribution in [1.82, 2.24) is 4.98 Å². The number of aliphatic carboxylic acids is 1. The molecule has 1 amide bonds. The fraction of sp³-hybridized carbons (Fsp3) is 0.250. The van der Waals surface area contributed by atoms with Gasteiger partial charge in [0.15, 0.2) is 5.13 Å². The first-order valence-corrected chi connectivity index (χ1v) is 8.13. The highest BCUT2D eigenvalue weighted by Gasteiger charge is 2.31. The zero-order chi connectivity index (χ0) is 17.9. The number of nitrogens with one attached hydrogen (secondary N) is 1. The topological polar surface area (TPSA) is 103 Å². The lowest BCUT2D eigenvalue weighted by Gasteiger charge is -2.20. The summed E-state index contributed by atoms with van der Waals surface area (Å²) in [6.07, 6.45) is -0.313. The van der Waals surface area contributed by atoms with E-state index in [-0.39, 0.29) is 11.6 Å². The van der Waals surface area contributed by atoms with Crippen LogP contribution in [0.5, 0.6) is 0 Å². The maximum absolute atomic E-state index is 12.3. The molecule has 0 spiro atoms. The number of benzene rings is 1. The summed E-state index contributed by atoms with van der Waals surface area (Å²) < 4.78 is 0. The molecule has 0 radical (unpaired) electrons. The third-order valence-electron chi connectivity index (χ3n) is 3.29. The van der Waals surface area contributed by atoms with E-state index in [0.29, 0.717) is 21.2 Å². The Morgan fingerprint density at radius 3 is 2.67 bits per heavy atom. The number of nitriles is 1. The van der Waals surface area contributed by atoms with E-state index in [1.165, 1.54) is 13.8 Å². The SMILES string of the molecule is CC(C)(CC(=O)O)C(=O)Nc1nc(-c2ccccc2Cl)c(C#N)s1. The summed E-state index contributed by atoms with van der Waals surface area (Å²) >= 11 is 7.15. The highest BCUT2D eigenvalue weighted by molar-refractivity contribution is 7.16. The van der Waals surface area contributed by atoms with Crippen LogP contribution >= 0.6 is 22.9 Å². The lowest BCUT2D eigenvalue weighted by atomic mass is 9.88. The Labute approximate surface area is 147 Å². The van der Waals surface area contributed by atoms with Crippen LogP contribution in [0, 0.1) is 16.7 Å². The van der Waals surface area contributed by atoms with Gasteiger partial charge < -0.3 is 10.4 Å². The molecule has 1 aromatic heterocycles. The van der Waals surface area contributed by atoms with Crippen molar-refractivity contribution in [3.63, 3.8) is 0 Å². The monoisotopic (exact) mass is 363 g/mol. The molecule has 0 bridgehead atoms. The lowest BCUT2D eigenvalue weighted by Crippen LogP contribution is -2.32. The van der Waals surface area contributed by atoms with Crippen LogP contribution in [-0.4, -0.2) is 22.0 Å². The zero-order valence-corrected chi connectivity index (χ0v) is 14.5. The molecule has 6 nitrogen and oxygen atoms in total. The van der Waals surface area contributed by atoms with E-state index in [9.17, 15) is 14.9 Å². The Morgan fingerprint density at radius 1 is 1.42 bits per heavy atom. The van der Waals surface area contributed by atoms with Gasteiger partial charge in [-0.3, -0.25) is 9.59 Å². The molecule has 124 valence electrons. The molecule has 8 heteroatoms. The van der Waals surface area contributed by atoms with Gasteiger partial charge in [0.05, 0.1) is 16.9 Å². The maximum atomic E-state index is 12.3. The largest absolute Gasteiger partial charge is 0.481 e. The number of aromatic nitrogens is 1. The van der Waals surface area contributed by atoms with Crippen LogP contribution in [-0.2, 0) is 9.59 Å². The van der Waals surface area contributed by atoms with Crippen LogP contribution in [0.3, 0.4) is 0 Å². The normalized spacial score (nSPS) is 10.9. The summed E-state index contributed by atoms with van der Waals surface area (Å²) in [5.41, 5.74) is -0.119. The maximum Gasteiger partial charge on any atom is 0.304 e. The van der Waals surface area contributed by atoms with Gasteiger partial charge in [0.1, 0.15) is 16.6 Å². The number of carbonyl (C=O) groups is 2. The number of anilines is 1. The molecular weight excluding hydrogens is 350 g/mol. The summed E-state index contributed by atoms with van der Waals surface area (Å²) in [4.78, 5) is 27.7. The van der Waals surface area contributed by atoms with Crippen molar-refractivity contribution in [2.75, 3.05) is 5.32 Å². The van der Waals surface area contributed by atoms with Gasteiger partial charge in [-0.15, -0.1) is 0 Å². The Morgan fingerprint density at radius 2 is 2.08 bits per heavy atom. The number of amides is 1. The van der Waals surface area contributed by atoms with Crippen molar-refractivity contribution in [2.45, 2.75) is 20.3 Å². The van der Waals surface area contributed by atoms with E-state index in [1.807, 2.05) is 6.07 Å². The van der Waals surface area contributed by atoms with Crippen LogP contribution in [0.1, 0.15) is 25.1 Å². The van der Waals surface area contributed by atoms with Gasteiger partial charge in [0.2, 0.25) is 5.91 Å². The van der Waals surface area contributed by atoms with Gasteiger partial charge in [-0.1, -0.05) is 55.0 Å². The predicted molar refractivity (Wildman–Crippen MR) is 91.9 cm³/mol. The minimum absolute atomic E-state index is 0.227. The minimum atomic E-state index is -1.10. The molecule has 2 aromatic rings. The molecule has 0 aliphatic heterocycles. The third kappa shape index (κ3) is 3.91. The fourth-order valence-corrected chi connectivity index (χ4v) is 3.01. The average Bonchev–Trinajstić information content (AvgIpc) is 2.89. The van der Waals surface area contributed by atoms with Crippen molar-refractivity contribution in [3.8, 4) is 17.3 Å². The van der Waals surface area contributed by atoms with Crippen molar-refractivity contribution in [2.24, 2.45) is 5.41 Å². The molecule has 1 heterocycles. The predicted octanol–water partition coefficient (Wildman–Crippen LogP) is 3.77. The van der Waals surface area contributed by atoms with Gasteiger partial charge in [-0.2, -0.15) is 5.26 Å². The molecule has 0 fully saturated rings. The molecule has 2 N–H and O–H groups in total. The number of carboxylic acids is 1. The van der Waals surface area contributed by atoms with Crippen molar-refractivity contribution in [3.05, 3.63) is 34.2 Å². The number of rotatable bonds is 5. The van der Waals surface area contributed by atoms with E-state index in [4.69, 9.17) is 16.7 Å². The van der Waals surface area contributed by atoms with E-state index < -0.39 is 17.3 Å². The van der Waals surface area contributed by atoms with Gasteiger partial charge in [-0.25, -0.2) is 4.98 Å². The number of carboxylic acid groups (broad SMARTS) is 1. The van der Waals surface area contributed by atoms with Crippen LogP contribution in [0.15, 0.2) is 24.3 Å². The summed E-state index contributed by atoms with van der Waals surface area (Å²) in [6, 6.07) is 9.00. The van der Waals surface area contributed by atoms with Crippen LogP contribution < -0.4 is 5.32 Å². The second kappa shape index (κ2) is 6.99. The van der Waals surface area contributed by atoms with Crippen LogP contribution in [0.2, 0.25) is 5.02 Å². The molecule has 0 saturated heterocycles. The Hall–Kier alpha value is -2.43. The van der Waals surface area contributed by atoms with Crippen LogP contribution in [0.4, 0.5) is 5.13 Å². The molecule has 24 heavy (non-hydrogen) atoms. The standard InChI is InChI=1S/C16H14ClN3O3S/c1-16(2,7-12(21)22)14(23)20-15-19-13(11(8-18)24-15)9-5-3-4-6-10(9)17/h3-6H,7H2,1-2H3,(H,21,22)(H,19,20,23). The molecule has 0 saturated carbocycles. The number of nitrogens with zero attached hydrogens (tertiary/aromatic N) is 2. The van der Waals surface area contributed by atoms with Gasteiger partial charge >= 0.3 is 5.97 Å². The molecule has 0 aliphatic carbocycles. The number of hydrogen-bond donors (Lipinski definition) is 2. The molecule has 2 rings (SSSR count). The minimum Gasteiger partial charge on any atom is -0.481 e. The second-order valence-electron chi connectivity index (χ2n) is 5.70. The molecular formula is C16H14ClN3O3S. The quantitative estimate of drug-likeness (QED) is 0.841. The average molecular weight is 364 g/mol. The summed E-state index contributed by atoms with van der Waals surface area (Å²) in [7, 11) is 0. The lowest BCUT2D eigenvalue weighted by molar-refractivity contribution is -0.142. The van der Waals surface area contributed by atoms with Gasteiger partial charge in [0, 0.05) is 5.56 Å². The van der Waals surface area contributed by atoms with Crippen molar-refractivity contribution < 1.29 is 14.7 Å². The number of hydrogen-bond acceptors (Lipinski definition) is 5. The van der Waals surface area contributed by atoms with Gasteiger partial charge in [0.25, 0.3) is 0 Å². The van der Waals surface area contributed by atoms with Gasteiger partial charge in [-0.05, 0) is 6.07 Å². The second-order valence-corrected chi connectivity index (χ2v) is 7.10. The first kappa shape index (κ1) is 17.9. The van der Waals surface area contributed by atoms with E-state index in [1.54, 1.807) is 24.3 Å². The summed E-state index contributed by atoms with van der Waals surface area (Å²) in [5.74, 6) is -1.54. The number of thiazole rings is 1. The zero-order valence-electron chi connectivity index (χ0n) is 13.0. The molecule has 1 aromatic carbocycles. The molecule has 0 aliphatic rings.